The molecule has 0 spiro atoms. The number of halogens is 3. The summed E-state index contributed by atoms with van der Waals surface area (Å²) in [6, 6.07) is 2.90. The Bertz CT molecular complexity index is 1070. The lowest BCUT2D eigenvalue weighted by atomic mass is 9.83. The normalized spacial score (nSPS) is 16.9. The number of carbonyl (C=O) groups is 2. The lowest BCUT2D eigenvalue weighted by Crippen LogP contribution is -2.27. The SMILES string of the molecule is Cc1cc(C(C)N2Cc3c(ccnc3NC(=O)CC3CCC3)C2=O)cnc1OCC(F)(F)F. The summed E-state index contributed by atoms with van der Waals surface area (Å²) >= 11 is 0. The van der Waals surface area contributed by atoms with Gasteiger partial charge < -0.3 is 15.0 Å². The Kier molecular flexibility index (Phi) is 6.27. The molecule has 1 N–H and O–H groups in total. The van der Waals surface area contributed by atoms with Gasteiger partial charge in [-0.2, -0.15) is 13.2 Å². The lowest BCUT2D eigenvalue weighted by molar-refractivity contribution is -0.154. The Morgan fingerprint density at radius 2 is 2.09 bits per heavy atom. The second-order valence-electron chi connectivity index (χ2n) is 8.64. The van der Waals surface area contributed by atoms with Crippen LogP contribution in [0.1, 0.15) is 65.7 Å². The van der Waals surface area contributed by atoms with E-state index in [0.717, 1.165) is 19.3 Å². The van der Waals surface area contributed by atoms with Gasteiger partial charge in [0.1, 0.15) is 5.82 Å². The molecule has 1 aliphatic heterocycles. The second-order valence-corrected chi connectivity index (χ2v) is 8.64. The third kappa shape index (κ3) is 5.09. The number of alkyl halides is 3. The van der Waals surface area contributed by atoms with Gasteiger partial charge in [0.05, 0.1) is 12.6 Å². The van der Waals surface area contributed by atoms with Crippen molar-refractivity contribution in [1.82, 2.24) is 14.9 Å². The molecular weight excluding hydrogens is 437 g/mol. The van der Waals surface area contributed by atoms with Gasteiger partial charge in [0.2, 0.25) is 11.8 Å². The summed E-state index contributed by atoms with van der Waals surface area (Å²) < 4.78 is 42.0. The van der Waals surface area contributed by atoms with Gasteiger partial charge in [0, 0.05) is 35.5 Å². The first kappa shape index (κ1) is 23.0. The second kappa shape index (κ2) is 8.99. The van der Waals surface area contributed by atoms with Crippen molar-refractivity contribution in [1.29, 1.82) is 0 Å². The average Bonchev–Trinajstić information content (AvgIpc) is 3.06. The Morgan fingerprint density at radius 3 is 2.73 bits per heavy atom. The van der Waals surface area contributed by atoms with Crippen LogP contribution in [0.2, 0.25) is 0 Å². The number of fused-ring (bicyclic) bond motifs is 1. The molecule has 0 bridgehead atoms. The maximum atomic E-state index is 13.1. The number of amides is 2. The molecule has 0 aromatic carbocycles. The highest BCUT2D eigenvalue weighted by atomic mass is 19.4. The number of aromatic nitrogens is 2. The van der Waals surface area contributed by atoms with Crippen molar-refractivity contribution in [3.8, 4) is 5.88 Å². The topological polar surface area (TPSA) is 84.4 Å². The third-order valence-corrected chi connectivity index (χ3v) is 6.21. The molecular formula is C23H25F3N4O3. The molecule has 1 fully saturated rings. The predicted molar refractivity (Wildman–Crippen MR) is 114 cm³/mol. The molecule has 2 aromatic heterocycles. The molecule has 3 heterocycles. The van der Waals surface area contributed by atoms with E-state index in [2.05, 4.69) is 15.3 Å². The molecule has 1 atom stereocenters. The molecule has 176 valence electrons. The fraction of sp³-hybridized carbons (Fsp3) is 0.478. The quantitative estimate of drug-likeness (QED) is 0.652. The first-order chi connectivity index (χ1) is 15.6. The first-order valence-corrected chi connectivity index (χ1v) is 10.9. The number of hydrogen-bond donors (Lipinski definition) is 1. The number of anilines is 1. The van der Waals surface area contributed by atoms with Crippen LogP contribution < -0.4 is 10.1 Å². The molecule has 1 aliphatic carbocycles. The van der Waals surface area contributed by atoms with Crippen LogP contribution in [0.4, 0.5) is 19.0 Å². The third-order valence-electron chi connectivity index (χ3n) is 6.21. The van der Waals surface area contributed by atoms with Crippen molar-refractivity contribution in [3.05, 3.63) is 46.8 Å². The summed E-state index contributed by atoms with van der Waals surface area (Å²) in [5.41, 5.74) is 2.24. The molecule has 33 heavy (non-hydrogen) atoms. The monoisotopic (exact) mass is 462 g/mol. The van der Waals surface area contributed by atoms with Crippen LogP contribution in [0.15, 0.2) is 24.5 Å². The van der Waals surface area contributed by atoms with E-state index in [-0.39, 0.29) is 24.2 Å². The minimum Gasteiger partial charge on any atom is -0.468 e. The fourth-order valence-electron chi connectivity index (χ4n) is 4.11. The standard InChI is InChI=1S/C23H25F3N4O3/c1-13-8-16(10-28-21(13)33-12-23(24,25)26)14(2)30-11-18-17(22(30)32)6-7-27-20(18)29-19(31)9-15-4-3-5-15/h6-8,10,14-15H,3-5,9,11-12H2,1-2H3,(H,27,29,31). The smallest absolute Gasteiger partial charge is 0.422 e. The molecule has 4 rings (SSSR count). The van der Waals surface area contributed by atoms with Crippen LogP contribution in [0.5, 0.6) is 5.88 Å². The van der Waals surface area contributed by atoms with Crippen LogP contribution in [-0.4, -0.2) is 39.5 Å². The zero-order chi connectivity index (χ0) is 23.8. The Morgan fingerprint density at radius 1 is 1.33 bits per heavy atom. The lowest BCUT2D eigenvalue weighted by Gasteiger charge is -2.25. The predicted octanol–water partition coefficient (Wildman–Crippen LogP) is 4.57. The van der Waals surface area contributed by atoms with E-state index in [4.69, 9.17) is 4.74 Å². The molecule has 2 aliphatic rings. The number of hydrogen-bond acceptors (Lipinski definition) is 5. The molecule has 2 amide bonds. The Balaban J connectivity index is 1.47. The minimum absolute atomic E-state index is 0.0972. The van der Waals surface area contributed by atoms with Crippen LogP contribution in [-0.2, 0) is 11.3 Å². The first-order valence-electron chi connectivity index (χ1n) is 10.9. The van der Waals surface area contributed by atoms with Crippen molar-refractivity contribution in [3.63, 3.8) is 0 Å². The minimum atomic E-state index is -4.45. The van der Waals surface area contributed by atoms with Gasteiger partial charge >= 0.3 is 6.18 Å². The number of nitrogens with one attached hydrogen (secondary N) is 1. The van der Waals surface area contributed by atoms with Crippen LogP contribution in [0, 0.1) is 12.8 Å². The summed E-state index contributed by atoms with van der Waals surface area (Å²) in [5.74, 6) is 0.405. The van der Waals surface area contributed by atoms with E-state index in [1.807, 2.05) is 6.92 Å². The highest BCUT2D eigenvalue weighted by Crippen LogP contribution is 2.35. The largest absolute Gasteiger partial charge is 0.468 e. The van der Waals surface area contributed by atoms with Crippen molar-refractivity contribution in [2.75, 3.05) is 11.9 Å². The highest BCUT2D eigenvalue weighted by molar-refractivity contribution is 6.01. The zero-order valence-corrected chi connectivity index (χ0v) is 18.4. The number of aryl methyl sites for hydroxylation is 1. The van der Waals surface area contributed by atoms with Crippen LogP contribution in [0.25, 0.3) is 0 Å². The Labute approximate surface area is 189 Å². The zero-order valence-electron chi connectivity index (χ0n) is 18.4. The van der Waals surface area contributed by atoms with E-state index < -0.39 is 18.8 Å². The van der Waals surface area contributed by atoms with Gasteiger partial charge in [-0.25, -0.2) is 9.97 Å². The number of rotatable bonds is 7. The van der Waals surface area contributed by atoms with Gasteiger partial charge in [-0.05, 0) is 50.3 Å². The summed E-state index contributed by atoms with van der Waals surface area (Å²) in [6.45, 7) is 2.26. The summed E-state index contributed by atoms with van der Waals surface area (Å²) in [7, 11) is 0. The summed E-state index contributed by atoms with van der Waals surface area (Å²) in [6.07, 6.45) is 2.19. The molecule has 1 saturated carbocycles. The average molecular weight is 462 g/mol. The molecule has 2 aromatic rings. The van der Waals surface area contributed by atoms with E-state index in [9.17, 15) is 22.8 Å². The van der Waals surface area contributed by atoms with Gasteiger partial charge in [-0.1, -0.05) is 6.42 Å². The molecule has 1 unspecified atom stereocenters. The van der Waals surface area contributed by atoms with Crippen LogP contribution >= 0.6 is 0 Å². The van der Waals surface area contributed by atoms with E-state index >= 15 is 0 Å². The summed E-state index contributed by atoms with van der Waals surface area (Å²) in [5, 5.41) is 2.85. The maximum Gasteiger partial charge on any atom is 0.422 e. The van der Waals surface area contributed by atoms with Crippen molar-refractivity contribution in [2.24, 2.45) is 5.92 Å². The fourth-order valence-corrected chi connectivity index (χ4v) is 4.11. The summed E-state index contributed by atoms with van der Waals surface area (Å²) in [4.78, 5) is 35.4. The van der Waals surface area contributed by atoms with Gasteiger partial charge in [0.25, 0.3) is 5.91 Å². The molecule has 7 nitrogen and oxygen atoms in total. The van der Waals surface area contributed by atoms with Crippen molar-refractivity contribution >= 4 is 17.6 Å². The van der Waals surface area contributed by atoms with Crippen LogP contribution in [0.3, 0.4) is 0 Å². The number of pyridine rings is 2. The highest BCUT2D eigenvalue weighted by Gasteiger charge is 2.35. The van der Waals surface area contributed by atoms with E-state index in [1.165, 1.54) is 12.4 Å². The number of carbonyl (C=O) groups excluding carboxylic acids is 2. The van der Waals surface area contributed by atoms with Gasteiger partial charge in [-0.3, -0.25) is 9.59 Å². The molecule has 0 saturated heterocycles. The molecule has 0 radical (unpaired) electrons. The maximum absolute atomic E-state index is 13.1. The molecule has 10 heteroatoms. The number of nitrogens with zero attached hydrogens (tertiary/aromatic N) is 3. The van der Waals surface area contributed by atoms with Crippen molar-refractivity contribution in [2.45, 2.75) is 58.3 Å². The van der Waals surface area contributed by atoms with E-state index in [0.29, 0.717) is 40.4 Å². The van der Waals surface area contributed by atoms with Gasteiger partial charge in [-0.15, -0.1) is 0 Å². The Hall–Kier alpha value is -3.17. The van der Waals surface area contributed by atoms with Gasteiger partial charge in [0.15, 0.2) is 6.61 Å². The van der Waals surface area contributed by atoms with E-state index in [1.54, 1.807) is 24.0 Å². The van der Waals surface area contributed by atoms with Crippen molar-refractivity contribution < 1.29 is 27.5 Å². The number of ether oxygens (including phenoxy) is 1.